The number of hydrogen-bond acceptors (Lipinski definition) is 2. The summed E-state index contributed by atoms with van der Waals surface area (Å²) in [5.41, 5.74) is 3.79. The van der Waals surface area contributed by atoms with E-state index >= 15 is 0 Å². The molecule has 2 nitrogen and oxygen atoms in total. The van der Waals surface area contributed by atoms with Crippen molar-refractivity contribution >= 4 is 11.4 Å². The lowest BCUT2D eigenvalue weighted by atomic mass is 9.99. The molecule has 0 fully saturated rings. The van der Waals surface area contributed by atoms with Crippen molar-refractivity contribution < 1.29 is 8.78 Å². The van der Waals surface area contributed by atoms with Crippen LogP contribution in [0.25, 0.3) is 0 Å². The molecule has 0 atom stereocenters. The van der Waals surface area contributed by atoms with Crippen LogP contribution in [0.4, 0.5) is 20.2 Å². The highest BCUT2D eigenvalue weighted by atomic mass is 19.1. The van der Waals surface area contributed by atoms with Crippen molar-refractivity contribution in [2.24, 2.45) is 0 Å². The molecule has 0 saturated carbocycles. The van der Waals surface area contributed by atoms with Crippen molar-refractivity contribution in [2.75, 3.05) is 17.2 Å². The van der Waals surface area contributed by atoms with Crippen LogP contribution in [0.2, 0.25) is 0 Å². The predicted molar refractivity (Wildman–Crippen MR) is 81.7 cm³/mol. The molecular formula is C17H18F2N2. The molecule has 0 aliphatic carbocycles. The average molecular weight is 288 g/mol. The van der Waals surface area contributed by atoms with Crippen LogP contribution >= 0.6 is 0 Å². The summed E-state index contributed by atoms with van der Waals surface area (Å²) in [6.07, 6.45) is 2.16. The van der Waals surface area contributed by atoms with Gasteiger partial charge in [-0.05, 0) is 42.5 Å². The minimum absolute atomic E-state index is 0.0524. The summed E-state index contributed by atoms with van der Waals surface area (Å²) >= 11 is 0. The molecule has 2 aromatic carbocycles. The average Bonchev–Trinajstić information content (AvgIpc) is 2.51. The lowest BCUT2D eigenvalue weighted by Crippen LogP contribution is -2.15. The van der Waals surface area contributed by atoms with Crippen LogP contribution in [0.5, 0.6) is 0 Å². The van der Waals surface area contributed by atoms with Crippen LogP contribution in [0.15, 0.2) is 30.3 Å². The first-order chi connectivity index (χ1) is 10.2. The van der Waals surface area contributed by atoms with Gasteiger partial charge in [-0.25, -0.2) is 8.78 Å². The number of aryl methyl sites for hydroxylation is 2. The molecule has 3 rings (SSSR count). The van der Waals surface area contributed by atoms with Gasteiger partial charge in [0.1, 0.15) is 11.5 Å². The van der Waals surface area contributed by atoms with Gasteiger partial charge in [0.05, 0.1) is 0 Å². The Balaban J connectivity index is 1.85. The molecule has 0 bridgehead atoms. The molecule has 110 valence electrons. The topological polar surface area (TPSA) is 24.1 Å². The molecule has 1 aliphatic rings. The molecule has 2 N–H and O–H groups in total. The highest BCUT2D eigenvalue weighted by molar-refractivity contribution is 5.60. The molecule has 1 aliphatic heterocycles. The summed E-state index contributed by atoms with van der Waals surface area (Å²) in [6, 6.07) is 8.81. The monoisotopic (exact) mass is 288 g/mol. The number of rotatable bonds is 3. The first kappa shape index (κ1) is 13.9. The highest BCUT2D eigenvalue weighted by Crippen LogP contribution is 2.28. The van der Waals surface area contributed by atoms with Gasteiger partial charge in [0.15, 0.2) is 5.82 Å². The Labute approximate surface area is 123 Å². The molecule has 0 unspecified atom stereocenters. The maximum Gasteiger partial charge on any atom is 0.152 e. The van der Waals surface area contributed by atoms with Gasteiger partial charge >= 0.3 is 0 Å². The number of para-hydroxylation sites is 1. The van der Waals surface area contributed by atoms with Crippen molar-refractivity contribution in [3.05, 3.63) is 58.7 Å². The lowest BCUT2D eigenvalue weighted by Gasteiger charge is -2.21. The van der Waals surface area contributed by atoms with E-state index in [1.807, 2.05) is 12.1 Å². The van der Waals surface area contributed by atoms with Crippen LogP contribution in [0, 0.1) is 18.6 Å². The summed E-state index contributed by atoms with van der Waals surface area (Å²) in [7, 11) is 0. The van der Waals surface area contributed by atoms with Crippen LogP contribution in [-0.2, 0) is 13.0 Å². The van der Waals surface area contributed by atoms with Crippen molar-refractivity contribution in [3.8, 4) is 0 Å². The molecule has 2 aromatic rings. The molecule has 1 heterocycles. The van der Waals surface area contributed by atoms with Crippen LogP contribution < -0.4 is 10.6 Å². The largest absolute Gasteiger partial charge is 0.385 e. The quantitative estimate of drug-likeness (QED) is 0.882. The van der Waals surface area contributed by atoms with Gasteiger partial charge in [0.2, 0.25) is 0 Å². The second-order valence-electron chi connectivity index (χ2n) is 5.39. The Morgan fingerprint density at radius 2 is 2.05 bits per heavy atom. The maximum atomic E-state index is 14.0. The number of nitrogens with one attached hydrogen (secondary N) is 2. The van der Waals surface area contributed by atoms with E-state index in [-0.39, 0.29) is 5.69 Å². The summed E-state index contributed by atoms with van der Waals surface area (Å²) in [5, 5.41) is 6.28. The minimum atomic E-state index is -0.559. The molecule has 0 aromatic heterocycles. The number of hydrogen-bond donors (Lipinski definition) is 2. The fraction of sp³-hybridized carbons (Fsp3) is 0.294. The Morgan fingerprint density at radius 1 is 1.19 bits per heavy atom. The van der Waals surface area contributed by atoms with Gasteiger partial charge < -0.3 is 10.6 Å². The smallest absolute Gasteiger partial charge is 0.152 e. The van der Waals surface area contributed by atoms with Crippen LogP contribution in [0.3, 0.4) is 0 Å². The van der Waals surface area contributed by atoms with E-state index in [9.17, 15) is 8.78 Å². The Kier molecular flexibility index (Phi) is 3.78. The van der Waals surface area contributed by atoms with Gasteiger partial charge in [-0.1, -0.05) is 24.3 Å². The Morgan fingerprint density at radius 3 is 2.90 bits per heavy atom. The SMILES string of the molecule is Cc1ccc(F)c(NCc2cccc3c2NCCC3)c1F. The summed E-state index contributed by atoms with van der Waals surface area (Å²) in [6.45, 7) is 2.97. The van der Waals surface area contributed by atoms with E-state index < -0.39 is 11.6 Å². The third kappa shape index (κ3) is 2.71. The van der Waals surface area contributed by atoms with Gasteiger partial charge in [-0.15, -0.1) is 0 Å². The van der Waals surface area contributed by atoms with E-state index in [0.29, 0.717) is 12.1 Å². The van der Waals surface area contributed by atoms with Gasteiger partial charge in [-0.3, -0.25) is 0 Å². The van der Waals surface area contributed by atoms with E-state index in [1.165, 1.54) is 17.7 Å². The number of halogens is 2. The third-order valence-electron chi connectivity index (χ3n) is 3.90. The minimum Gasteiger partial charge on any atom is -0.385 e. The standard InChI is InChI=1S/C17H18F2N2/c1-11-7-8-14(18)17(15(11)19)21-10-13-5-2-4-12-6-3-9-20-16(12)13/h2,4-5,7-8,20-21H,3,6,9-10H2,1H3. The first-order valence-corrected chi connectivity index (χ1v) is 7.20. The Bertz CT molecular complexity index is 668. The fourth-order valence-corrected chi connectivity index (χ4v) is 2.73. The van der Waals surface area contributed by atoms with E-state index in [0.717, 1.165) is 30.6 Å². The summed E-state index contributed by atoms with van der Waals surface area (Å²) < 4.78 is 27.7. The zero-order valence-corrected chi connectivity index (χ0v) is 12.0. The zero-order chi connectivity index (χ0) is 14.8. The van der Waals surface area contributed by atoms with E-state index in [1.54, 1.807) is 6.92 Å². The maximum absolute atomic E-state index is 14.0. The van der Waals surface area contributed by atoms with Crippen molar-refractivity contribution in [3.63, 3.8) is 0 Å². The molecule has 0 radical (unpaired) electrons. The molecule has 0 saturated heterocycles. The van der Waals surface area contributed by atoms with Gasteiger partial charge in [0.25, 0.3) is 0 Å². The molecular weight excluding hydrogens is 270 g/mol. The molecule has 0 amide bonds. The summed E-state index contributed by atoms with van der Waals surface area (Å²) in [5.74, 6) is -1.08. The van der Waals surface area contributed by atoms with E-state index in [4.69, 9.17) is 0 Å². The molecule has 0 spiro atoms. The second-order valence-corrected chi connectivity index (χ2v) is 5.39. The number of benzene rings is 2. The Hall–Kier alpha value is -2.10. The molecule has 4 heteroatoms. The van der Waals surface area contributed by atoms with E-state index in [2.05, 4.69) is 16.7 Å². The molecule has 21 heavy (non-hydrogen) atoms. The van der Waals surface area contributed by atoms with Crippen molar-refractivity contribution in [1.29, 1.82) is 0 Å². The van der Waals surface area contributed by atoms with Crippen LogP contribution in [0.1, 0.15) is 23.1 Å². The third-order valence-corrected chi connectivity index (χ3v) is 3.90. The summed E-state index contributed by atoms with van der Waals surface area (Å²) in [4.78, 5) is 0. The predicted octanol–water partition coefficient (Wildman–Crippen LogP) is 4.24. The number of anilines is 2. The lowest BCUT2D eigenvalue weighted by molar-refractivity contribution is 0.582. The normalized spacial score (nSPS) is 13.5. The van der Waals surface area contributed by atoms with Gasteiger partial charge in [0, 0.05) is 18.8 Å². The van der Waals surface area contributed by atoms with Crippen LogP contribution in [-0.4, -0.2) is 6.54 Å². The van der Waals surface area contributed by atoms with Crippen molar-refractivity contribution in [2.45, 2.75) is 26.3 Å². The second kappa shape index (κ2) is 5.72. The zero-order valence-electron chi connectivity index (χ0n) is 12.0. The highest BCUT2D eigenvalue weighted by Gasteiger charge is 2.14. The van der Waals surface area contributed by atoms with Gasteiger partial charge in [-0.2, -0.15) is 0 Å². The number of fused-ring (bicyclic) bond motifs is 1. The van der Waals surface area contributed by atoms with Crippen molar-refractivity contribution in [1.82, 2.24) is 0 Å². The fourth-order valence-electron chi connectivity index (χ4n) is 2.73. The first-order valence-electron chi connectivity index (χ1n) is 7.20.